The van der Waals surface area contributed by atoms with Gasteiger partial charge < -0.3 is 10.6 Å². The summed E-state index contributed by atoms with van der Waals surface area (Å²) >= 11 is 0. The first-order valence-electron chi connectivity index (χ1n) is 11.4. The molecule has 5 rings (SSSR count). The second kappa shape index (κ2) is 8.00. The van der Waals surface area contributed by atoms with E-state index < -0.39 is 6.04 Å². The van der Waals surface area contributed by atoms with Gasteiger partial charge in [-0.3, -0.25) is 29.5 Å². The fourth-order valence-corrected chi connectivity index (χ4v) is 5.69. The normalized spacial score (nSPS) is 26.2. The number of imide groups is 1. The molecule has 0 radical (unpaired) electrons. The molecular weight excluding hydrogens is 394 g/mol. The number of rotatable bonds is 5. The Morgan fingerprint density at radius 3 is 2.71 bits per heavy atom. The van der Waals surface area contributed by atoms with Crippen LogP contribution in [-0.4, -0.2) is 76.7 Å². The monoisotopic (exact) mass is 425 g/mol. The summed E-state index contributed by atoms with van der Waals surface area (Å²) in [5, 5.41) is 2.36. The van der Waals surface area contributed by atoms with Crippen LogP contribution in [0.1, 0.15) is 53.6 Å². The van der Waals surface area contributed by atoms with E-state index in [1.165, 1.54) is 19.3 Å². The van der Waals surface area contributed by atoms with Gasteiger partial charge in [-0.05, 0) is 42.9 Å². The molecule has 1 aromatic rings. The molecule has 3 N–H and O–H groups in total. The molecule has 1 saturated carbocycles. The average Bonchev–Trinajstić information content (AvgIpc) is 3.04. The standard InChI is InChI=1S/C23H31N5O3/c24-8-9-26-10-11-27(23(15-26)6-1-7-23)13-16-2-3-17-14-28(22(31)18(17)12-16)19-4-5-20(29)25-21(19)30/h2-3,12,19H,1,4-11,13-15,24H2,(H,25,29,30). The second-order valence-corrected chi connectivity index (χ2v) is 9.46. The fraction of sp³-hybridized carbons (Fsp3) is 0.609. The van der Waals surface area contributed by atoms with Crippen LogP contribution in [0.5, 0.6) is 0 Å². The Balaban J connectivity index is 1.30. The van der Waals surface area contributed by atoms with Gasteiger partial charge in [0, 0.05) is 63.3 Å². The van der Waals surface area contributed by atoms with Gasteiger partial charge >= 0.3 is 0 Å². The van der Waals surface area contributed by atoms with Crippen LogP contribution < -0.4 is 11.1 Å². The average molecular weight is 426 g/mol. The number of nitrogens with zero attached hydrogens (tertiary/aromatic N) is 3. The van der Waals surface area contributed by atoms with E-state index in [2.05, 4.69) is 21.2 Å². The molecule has 1 spiro atoms. The molecule has 3 aliphatic heterocycles. The highest BCUT2D eigenvalue weighted by atomic mass is 16.2. The molecule has 166 valence electrons. The molecule has 0 aromatic heterocycles. The maximum absolute atomic E-state index is 13.1. The van der Waals surface area contributed by atoms with Crippen LogP contribution in [0, 0.1) is 0 Å². The molecule has 0 bridgehead atoms. The molecule has 1 aromatic carbocycles. The molecule has 8 heteroatoms. The third-order valence-corrected chi connectivity index (χ3v) is 7.57. The SMILES string of the molecule is NCCN1CCN(Cc2ccc3c(c2)C(=O)N(C2CCC(=O)NC2=O)C3)C2(CCC2)C1. The summed E-state index contributed by atoms with van der Waals surface area (Å²) in [6, 6.07) is 5.61. The third-order valence-electron chi connectivity index (χ3n) is 7.57. The van der Waals surface area contributed by atoms with Gasteiger partial charge in [-0.15, -0.1) is 0 Å². The lowest BCUT2D eigenvalue weighted by molar-refractivity contribution is -0.136. The smallest absolute Gasteiger partial charge is 0.255 e. The van der Waals surface area contributed by atoms with Crippen molar-refractivity contribution in [1.82, 2.24) is 20.0 Å². The predicted octanol–water partition coefficient (Wildman–Crippen LogP) is 0.447. The topological polar surface area (TPSA) is 99.0 Å². The van der Waals surface area contributed by atoms with Crippen LogP contribution in [0.2, 0.25) is 0 Å². The van der Waals surface area contributed by atoms with E-state index in [-0.39, 0.29) is 29.7 Å². The lowest BCUT2D eigenvalue weighted by atomic mass is 9.73. The molecule has 3 amide bonds. The van der Waals surface area contributed by atoms with Gasteiger partial charge in [0.1, 0.15) is 6.04 Å². The Kier molecular flexibility index (Phi) is 5.32. The summed E-state index contributed by atoms with van der Waals surface area (Å²) in [5.41, 5.74) is 8.84. The molecule has 1 atom stereocenters. The Morgan fingerprint density at radius 2 is 2.00 bits per heavy atom. The third kappa shape index (κ3) is 3.66. The van der Waals surface area contributed by atoms with Crippen LogP contribution in [-0.2, 0) is 22.7 Å². The number of carbonyl (C=O) groups is 3. The number of hydrogen-bond acceptors (Lipinski definition) is 6. The van der Waals surface area contributed by atoms with Crippen LogP contribution in [0.4, 0.5) is 0 Å². The second-order valence-electron chi connectivity index (χ2n) is 9.46. The summed E-state index contributed by atoms with van der Waals surface area (Å²) in [4.78, 5) is 43.5. The highest BCUT2D eigenvalue weighted by Crippen LogP contribution is 2.41. The maximum atomic E-state index is 13.1. The van der Waals surface area contributed by atoms with Crippen molar-refractivity contribution in [1.29, 1.82) is 0 Å². The first kappa shape index (κ1) is 20.6. The van der Waals surface area contributed by atoms with Gasteiger partial charge in [-0.1, -0.05) is 12.1 Å². The number of hydrogen-bond donors (Lipinski definition) is 2. The lowest BCUT2D eigenvalue weighted by Crippen LogP contribution is -2.65. The summed E-state index contributed by atoms with van der Waals surface area (Å²) < 4.78 is 0. The van der Waals surface area contributed by atoms with Crippen molar-refractivity contribution >= 4 is 17.7 Å². The van der Waals surface area contributed by atoms with Gasteiger partial charge in [-0.2, -0.15) is 0 Å². The van der Waals surface area contributed by atoms with E-state index in [1.807, 2.05) is 12.1 Å². The first-order chi connectivity index (χ1) is 15.0. The van der Waals surface area contributed by atoms with Crippen LogP contribution in [0.15, 0.2) is 18.2 Å². The van der Waals surface area contributed by atoms with Crippen LogP contribution >= 0.6 is 0 Å². The number of nitrogens with two attached hydrogens (primary N) is 1. The Labute approximate surface area is 182 Å². The van der Waals surface area contributed by atoms with E-state index in [0.29, 0.717) is 25.1 Å². The molecule has 1 unspecified atom stereocenters. The molecule has 3 heterocycles. The zero-order valence-electron chi connectivity index (χ0n) is 17.9. The Morgan fingerprint density at radius 1 is 1.16 bits per heavy atom. The van der Waals surface area contributed by atoms with E-state index in [9.17, 15) is 14.4 Å². The molecule has 1 aliphatic carbocycles. The zero-order chi connectivity index (χ0) is 21.6. The summed E-state index contributed by atoms with van der Waals surface area (Å²) in [6.45, 7) is 6.07. The Hall–Kier alpha value is -2.29. The maximum Gasteiger partial charge on any atom is 0.255 e. The highest BCUT2D eigenvalue weighted by Gasteiger charge is 2.46. The van der Waals surface area contributed by atoms with Crippen LogP contribution in [0.3, 0.4) is 0 Å². The van der Waals surface area contributed by atoms with Crippen molar-refractivity contribution in [3.05, 3.63) is 34.9 Å². The number of benzene rings is 1. The van der Waals surface area contributed by atoms with Crippen molar-refractivity contribution in [2.24, 2.45) is 5.73 Å². The fourth-order valence-electron chi connectivity index (χ4n) is 5.69. The van der Waals surface area contributed by atoms with E-state index >= 15 is 0 Å². The molecular formula is C23H31N5O3. The number of amides is 3. The van der Waals surface area contributed by atoms with Gasteiger partial charge in [-0.25, -0.2) is 0 Å². The quantitative estimate of drug-likeness (QED) is 0.665. The van der Waals surface area contributed by atoms with Crippen LogP contribution in [0.25, 0.3) is 0 Å². The summed E-state index contributed by atoms with van der Waals surface area (Å²) in [6.07, 6.45) is 4.39. The minimum absolute atomic E-state index is 0.0996. The Bertz CT molecular complexity index is 912. The number of nitrogens with one attached hydrogen (secondary N) is 1. The molecule has 4 aliphatic rings. The first-order valence-corrected chi connectivity index (χ1v) is 11.4. The van der Waals surface area contributed by atoms with Crippen molar-refractivity contribution < 1.29 is 14.4 Å². The predicted molar refractivity (Wildman–Crippen MR) is 115 cm³/mol. The zero-order valence-corrected chi connectivity index (χ0v) is 17.9. The summed E-state index contributed by atoms with van der Waals surface area (Å²) in [5.74, 6) is -0.721. The minimum atomic E-state index is -0.560. The molecule has 8 nitrogen and oxygen atoms in total. The molecule has 31 heavy (non-hydrogen) atoms. The lowest BCUT2D eigenvalue weighted by Gasteiger charge is -2.56. The number of carbonyl (C=O) groups excluding carboxylic acids is 3. The number of piperazine rings is 1. The number of fused-ring (bicyclic) bond motifs is 1. The highest BCUT2D eigenvalue weighted by molar-refractivity contribution is 6.05. The van der Waals surface area contributed by atoms with E-state index in [1.54, 1.807) is 4.90 Å². The van der Waals surface area contributed by atoms with Crippen molar-refractivity contribution in [2.75, 3.05) is 32.7 Å². The van der Waals surface area contributed by atoms with Crippen molar-refractivity contribution in [3.63, 3.8) is 0 Å². The number of piperidine rings is 1. The van der Waals surface area contributed by atoms with Crippen molar-refractivity contribution in [2.45, 2.75) is 56.8 Å². The largest absolute Gasteiger partial charge is 0.329 e. The minimum Gasteiger partial charge on any atom is -0.329 e. The van der Waals surface area contributed by atoms with E-state index in [0.717, 1.165) is 43.9 Å². The van der Waals surface area contributed by atoms with Gasteiger partial charge in [0.25, 0.3) is 5.91 Å². The van der Waals surface area contributed by atoms with Gasteiger partial charge in [0.2, 0.25) is 11.8 Å². The van der Waals surface area contributed by atoms with Gasteiger partial charge in [0.05, 0.1) is 0 Å². The summed E-state index contributed by atoms with van der Waals surface area (Å²) in [7, 11) is 0. The van der Waals surface area contributed by atoms with Gasteiger partial charge in [0.15, 0.2) is 0 Å². The van der Waals surface area contributed by atoms with Crippen molar-refractivity contribution in [3.8, 4) is 0 Å². The molecule has 3 fully saturated rings. The molecule has 2 saturated heterocycles. The van der Waals surface area contributed by atoms with E-state index in [4.69, 9.17) is 5.73 Å².